The second-order valence-corrected chi connectivity index (χ2v) is 11.0. The topological polar surface area (TPSA) is 95.9 Å². The van der Waals surface area contributed by atoms with Crippen molar-refractivity contribution in [3.8, 4) is 0 Å². The van der Waals surface area contributed by atoms with Crippen LogP contribution in [0.25, 0.3) is 0 Å². The number of fused-ring (bicyclic) bond motifs is 6. The largest absolute Gasteiger partial charge is 0.455 e. The molecule has 3 saturated carbocycles. The number of aliphatic hydroxyl groups is 2. The molecular weight excluding hydrogens is 444 g/mol. The fraction of sp³-hybridized carbons (Fsp3) is 0.538. The first-order chi connectivity index (χ1) is 16.0. The van der Waals surface area contributed by atoms with E-state index in [9.17, 15) is 28.6 Å². The smallest absolute Gasteiger partial charge is 0.315 e. The van der Waals surface area contributed by atoms with E-state index in [4.69, 9.17) is 4.74 Å². The van der Waals surface area contributed by atoms with Crippen LogP contribution in [0.3, 0.4) is 0 Å². The predicted octanol–water partition coefficient (Wildman–Crippen LogP) is 2.54. The first-order valence-electron chi connectivity index (χ1n) is 11.7. The first kappa shape index (κ1) is 21.9. The third-order valence-corrected chi connectivity index (χ3v) is 9.47. The molecule has 34 heavy (non-hydrogen) atoms. The van der Waals surface area contributed by atoms with Gasteiger partial charge < -0.3 is 20.3 Å². The molecule has 1 aromatic rings. The van der Waals surface area contributed by atoms with Crippen LogP contribution in [-0.2, 0) is 20.9 Å². The molecular formula is C26H27F2NO5. The van der Waals surface area contributed by atoms with E-state index < -0.39 is 64.0 Å². The minimum atomic E-state index is -1.33. The van der Waals surface area contributed by atoms with Crippen LogP contribution in [0.2, 0.25) is 0 Å². The van der Waals surface area contributed by atoms with Gasteiger partial charge in [-0.3, -0.25) is 9.59 Å². The maximum atomic E-state index is 14.2. The number of halogens is 2. The number of ether oxygens (including phenoxy) is 1. The van der Waals surface area contributed by atoms with E-state index in [-0.39, 0.29) is 18.0 Å². The van der Waals surface area contributed by atoms with Gasteiger partial charge in [0.05, 0.1) is 11.5 Å². The van der Waals surface area contributed by atoms with Gasteiger partial charge >= 0.3 is 5.97 Å². The number of carbonyl (C=O) groups excluding carboxylic acids is 2. The molecule has 4 aliphatic carbocycles. The van der Waals surface area contributed by atoms with Gasteiger partial charge in [-0.25, -0.2) is 8.78 Å². The average molecular weight is 472 g/mol. The Labute approximate surface area is 195 Å². The van der Waals surface area contributed by atoms with Crippen LogP contribution < -0.4 is 5.32 Å². The van der Waals surface area contributed by atoms with Gasteiger partial charge in [-0.15, -0.1) is 0 Å². The molecule has 0 radical (unpaired) electrons. The van der Waals surface area contributed by atoms with Crippen LogP contribution in [0.1, 0.15) is 38.2 Å². The van der Waals surface area contributed by atoms with Crippen molar-refractivity contribution in [1.82, 2.24) is 5.32 Å². The van der Waals surface area contributed by atoms with E-state index in [0.29, 0.717) is 31.3 Å². The second-order valence-electron chi connectivity index (χ2n) is 11.0. The van der Waals surface area contributed by atoms with E-state index in [0.717, 1.165) is 17.7 Å². The summed E-state index contributed by atoms with van der Waals surface area (Å²) in [7, 11) is 0. The Hall–Kier alpha value is -2.58. The summed E-state index contributed by atoms with van der Waals surface area (Å²) in [5.41, 5.74) is -1.76. The summed E-state index contributed by atoms with van der Waals surface area (Å²) in [5, 5.41) is 24.9. The summed E-state index contributed by atoms with van der Waals surface area (Å²) in [6.07, 6.45) is 1.81. The molecule has 1 spiro atoms. The summed E-state index contributed by atoms with van der Waals surface area (Å²) in [6.45, 7) is 5.39. The highest BCUT2D eigenvalue weighted by atomic mass is 19.1. The van der Waals surface area contributed by atoms with Gasteiger partial charge in [-0.1, -0.05) is 18.2 Å². The minimum Gasteiger partial charge on any atom is -0.455 e. The van der Waals surface area contributed by atoms with Gasteiger partial charge in [0.1, 0.15) is 29.3 Å². The maximum Gasteiger partial charge on any atom is 0.315 e. The fourth-order valence-electron chi connectivity index (χ4n) is 7.87. The van der Waals surface area contributed by atoms with Crippen molar-refractivity contribution < 1.29 is 33.3 Å². The molecule has 5 aliphatic rings. The lowest BCUT2D eigenvalue weighted by Gasteiger charge is -2.42. The normalized spacial score (nSPS) is 43.8. The van der Waals surface area contributed by atoms with Gasteiger partial charge in [0.25, 0.3) is 0 Å². The number of benzene rings is 1. The molecule has 1 aromatic carbocycles. The number of hydrogen-bond donors (Lipinski definition) is 3. The standard InChI is InChI=1S/C26H27F2NO5/c1-12-9-25-11-26(12,33)7-6-15(25)13-8-18-21(30)24(2,23(32)34-18)19(13)20(25)22(31)29-10-14-16(27)4-3-5-17(14)28/h3-5,8,15,18-21,30,33H,1,6-7,9-11H2,2H3,(H,29,31)/t15-,18+,19+,20+,21-,24-,25-,26-/m0/s1. The SMILES string of the molecule is C=C1C[C@]23C[C@@]1(O)CC[C@H]2C1=C[C@H]2OC(=O)[C@@](C)([C@H]1[C@@H]3C(=O)NCc1c(F)cccc1F)[C@H]2O. The van der Waals surface area contributed by atoms with E-state index in [1.165, 1.54) is 6.07 Å². The molecule has 4 bridgehead atoms. The molecule has 1 aliphatic heterocycles. The molecule has 4 fully saturated rings. The van der Waals surface area contributed by atoms with Crippen molar-refractivity contribution in [2.75, 3.05) is 0 Å². The molecule has 1 saturated heterocycles. The van der Waals surface area contributed by atoms with Crippen LogP contribution in [0, 0.1) is 40.2 Å². The summed E-state index contributed by atoms with van der Waals surface area (Å²) >= 11 is 0. The molecule has 1 heterocycles. The molecule has 0 unspecified atom stereocenters. The van der Waals surface area contributed by atoms with Gasteiger partial charge in [-0.05, 0) is 67.7 Å². The summed E-state index contributed by atoms with van der Waals surface area (Å²) in [5.74, 6) is -4.04. The zero-order valence-corrected chi connectivity index (χ0v) is 18.8. The van der Waals surface area contributed by atoms with Crippen molar-refractivity contribution in [2.45, 2.75) is 57.0 Å². The number of aliphatic hydroxyl groups excluding tert-OH is 1. The number of rotatable bonds is 3. The van der Waals surface area contributed by atoms with Crippen LogP contribution in [0.5, 0.6) is 0 Å². The molecule has 6 rings (SSSR count). The molecule has 180 valence electrons. The molecule has 6 nitrogen and oxygen atoms in total. The zero-order valence-electron chi connectivity index (χ0n) is 18.8. The summed E-state index contributed by atoms with van der Waals surface area (Å²) < 4.78 is 33.9. The number of allylic oxidation sites excluding steroid dienone is 1. The number of nitrogens with one attached hydrogen (secondary N) is 1. The number of hydrogen-bond acceptors (Lipinski definition) is 5. The molecule has 1 amide bonds. The highest BCUT2D eigenvalue weighted by Crippen LogP contribution is 2.74. The van der Waals surface area contributed by atoms with Crippen molar-refractivity contribution in [1.29, 1.82) is 0 Å². The van der Waals surface area contributed by atoms with E-state index in [1.54, 1.807) is 13.0 Å². The van der Waals surface area contributed by atoms with E-state index in [2.05, 4.69) is 11.9 Å². The molecule has 0 aromatic heterocycles. The second kappa shape index (κ2) is 6.76. The van der Waals surface area contributed by atoms with Crippen molar-refractivity contribution in [3.63, 3.8) is 0 Å². The maximum absolute atomic E-state index is 14.2. The molecule has 3 N–H and O–H groups in total. The Balaban J connectivity index is 1.44. The number of amides is 1. The first-order valence-corrected chi connectivity index (χ1v) is 11.7. The lowest BCUT2D eigenvalue weighted by atomic mass is 9.60. The minimum absolute atomic E-state index is 0.0817. The van der Waals surface area contributed by atoms with Crippen molar-refractivity contribution in [2.24, 2.45) is 28.6 Å². The highest BCUT2D eigenvalue weighted by molar-refractivity contribution is 5.87. The van der Waals surface area contributed by atoms with Crippen molar-refractivity contribution >= 4 is 11.9 Å². The lowest BCUT2D eigenvalue weighted by molar-refractivity contribution is -0.151. The Bertz CT molecular complexity index is 1160. The van der Waals surface area contributed by atoms with Gasteiger partial charge in [0.2, 0.25) is 5.91 Å². The molecule has 8 atom stereocenters. The van der Waals surface area contributed by atoms with Gasteiger partial charge in [0.15, 0.2) is 0 Å². The monoisotopic (exact) mass is 471 g/mol. The third-order valence-electron chi connectivity index (χ3n) is 9.47. The Morgan fingerprint density at radius 3 is 2.74 bits per heavy atom. The third kappa shape index (κ3) is 2.50. The lowest BCUT2D eigenvalue weighted by Crippen LogP contribution is -2.52. The quantitative estimate of drug-likeness (QED) is 0.465. The summed E-state index contributed by atoms with van der Waals surface area (Å²) in [6, 6.07) is 3.52. The van der Waals surface area contributed by atoms with Crippen LogP contribution in [-0.4, -0.2) is 39.9 Å². The fourth-order valence-corrected chi connectivity index (χ4v) is 7.87. The Morgan fingerprint density at radius 1 is 1.32 bits per heavy atom. The zero-order chi connectivity index (χ0) is 24.2. The summed E-state index contributed by atoms with van der Waals surface area (Å²) in [4.78, 5) is 26.8. The average Bonchev–Trinajstić information content (AvgIpc) is 3.21. The Morgan fingerprint density at radius 2 is 2.03 bits per heavy atom. The van der Waals surface area contributed by atoms with Crippen LogP contribution in [0.4, 0.5) is 8.78 Å². The van der Waals surface area contributed by atoms with Crippen molar-refractivity contribution in [3.05, 3.63) is 59.2 Å². The molecule has 8 heteroatoms. The van der Waals surface area contributed by atoms with E-state index >= 15 is 0 Å². The number of carbonyl (C=O) groups is 2. The van der Waals surface area contributed by atoms with Gasteiger partial charge in [0, 0.05) is 18.0 Å². The van der Waals surface area contributed by atoms with Gasteiger partial charge in [-0.2, -0.15) is 0 Å². The number of esters is 1. The van der Waals surface area contributed by atoms with E-state index in [1.807, 2.05) is 0 Å². The van der Waals surface area contributed by atoms with Crippen LogP contribution >= 0.6 is 0 Å². The highest BCUT2D eigenvalue weighted by Gasteiger charge is 2.75. The van der Waals surface area contributed by atoms with Crippen LogP contribution in [0.15, 0.2) is 42.0 Å². The predicted molar refractivity (Wildman–Crippen MR) is 116 cm³/mol. The Kier molecular flexibility index (Phi) is 4.36.